The molecule has 1 aliphatic carbocycles. The van der Waals surface area contributed by atoms with Crippen LogP contribution in [0.15, 0.2) is 12.1 Å². The first-order chi connectivity index (χ1) is 9.15. The number of anilines is 1. The van der Waals surface area contributed by atoms with Gasteiger partial charge in [-0.05, 0) is 48.8 Å². The highest BCUT2D eigenvalue weighted by Gasteiger charge is 2.23. The molecule has 1 aliphatic rings. The molecule has 106 valence electrons. The van der Waals surface area contributed by atoms with Gasteiger partial charge >= 0.3 is 0 Å². The van der Waals surface area contributed by atoms with Crippen molar-refractivity contribution in [3.05, 3.63) is 28.8 Å². The van der Waals surface area contributed by atoms with Crippen molar-refractivity contribution >= 4 is 5.69 Å². The largest absolute Gasteiger partial charge is 0.398 e. The molecule has 3 nitrogen and oxygen atoms in total. The summed E-state index contributed by atoms with van der Waals surface area (Å²) in [6, 6.07) is 4.15. The minimum absolute atomic E-state index is 0.0161. The van der Waals surface area contributed by atoms with Gasteiger partial charge in [0.25, 0.3) is 0 Å². The van der Waals surface area contributed by atoms with E-state index in [-0.39, 0.29) is 12.6 Å². The third-order valence-corrected chi connectivity index (χ3v) is 4.30. The minimum atomic E-state index is 0.0161. The van der Waals surface area contributed by atoms with Crippen LogP contribution in [0.1, 0.15) is 67.7 Å². The van der Waals surface area contributed by atoms with Gasteiger partial charge in [0.1, 0.15) is 0 Å². The molecule has 0 amide bonds. The Hall–Kier alpha value is -1.06. The molecule has 0 radical (unpaired) electrons. The average molecular weight is 262 g/mol. The maximum atomic E-state index is 9.14. The van der Waals surface area contributed by atoms with E-state index in [2.05, 4.69) is 6.07 Å². The predicted octanol–water partition coefficient (Wildman–Crippen LogP) is 2.87. The van der Waals surface area contributed by atoms with Crippen molar-refractivity contribution in [2.45, 2.75) is 57.4 Å². The van der Waals surface area contributed by atoms with Gasteiger partial charge in [0.05, 0.1) is 0 Å². The van der Waals surface area contributed by atoms with Gasteiger partial charge in [-0.2, -0.15) is 0 Å². The van der Waals surface area contributed by atoms with Crippen LogP contribution in [0.2, 0.25) is 0 Å². The van der Waals surface area contributed by atoms with E-state index in [9.17, 15) is 0 Å². The lowest BCUT2D eigenvalue weighted by atomic mass is 9.79. The Bertz CT molecular complexity index is 423. The molecular weight excluding hydrogens is 236 g/mol. The summed E-state index contributed by atoms with van der Waals surface area (Å²) in [4.78, 5) is 0. The molecule has 1 fully saturated rings. The average Bonchev–Trinajstić information content (AvgIpc) is 2.41. The zero-order chi connectivity index (χ0) is 13.8. The van der Waals surface area contributed by atoms with Crippen LogP contribution in [-0.4, -0.2) is 11.7 Å². The molecule has 0 unspecified atom stereocenters. The Morgan fingerprint density at radius 1 is 1.26 bits per heavy atom. The van der Waals surface area contributed by atoms with E-state index in [1.54, 1.807) is 0 Å². The fraction of sp³-hybridized carbons (Fsp3) is 0.625. The number of nitrogens with two attached hydrogens (primary N) is 2. The molecule has 1 atom stereocenters. The van der Waals surface area contributed by atoms with Gasteiger partial charge in [-0.3, -0.25) is 0 Å². The molecule has 0 aliphatic heterocycles. The van der Waals surface area contributed by atoms with Gasteiger partial charge in [0.15, 0.2) is 0 Å². The van der Waals surface area contributed by atoms with Crippen LogP contribution in [0.5, 0.6) is 0 Å². The van der Waals surface area contributed by atoms with Crippen LogP contribution in [0, 0.1) is 0 Å². The fourth-order valence-corrected chi connectivity index (χ4v) is 3.28. The Kier molecular flexibility index (Phi) is 4.83. The molecule has 0 spiro atoms. The maximum Gasteiger partial charge on any atom is 0.0472 e. The van der Waals surface area contributed by atoms with E-state index in [4.69, 9.17) is 16.6 Å². The molecule has 1 aromatic rings. The Balaban J connectivity index is 2.42. The monoisotopic (exact) mass is 262 g/mol. The molecule has 0 aromatic heterocycles. The summed E-state index contributed by atoms with van der Waals surface area (Å²) in [5, 5.41) is 9.14. The molecule has 19 heavy (non-hydrogen) atoms. The first-order valence-electron chi connectivity index (χ1n) is 7.42. The predicted molar refractivity (Wildman–Crippen MR) is 80.1 cm³/mol. The number of hydrogen-bond acceptors (Lipinski definition) is 3. The van der Waals surface area contributed by atoms with E-state index in [1.165, 1.54) is 43.2 Å². The summed E-state index contributed by atoms with van der Waals surface area (Å²) in [5.41, 5.74) is 16.9. The van der Waals surface area contributed by atoms with Gasteiger partial charge in [-0.1, -0.05) is 31.4 Å². The van der Waals surface area contributed by atoms with Crippen LogP contribution in [-0.2, 0) is 6.42 Å². The van der Waals surface area contributed by atoms with Crippen LogP contribution in [0.3, 0.4) is 0 Å². The smallest absolute Gasteiger partial charge is 0.0472 e. The number of nitrogen functional groups attached to an aromatic ring is 1. The van der Waals surface area contributed by atoms with Crippen LogP contribution in [0.4, 0.5) is 5.69 Å². The van der Waals surface area contributed by atoms with Crippen LogP contribution >= 0.6 is 0 Å². The fourth-order valence-electron chi connectivity index (χ4n) is 3.28. The van der Waals surface area contributed by atoms with Crippen LogP contribution < -0.4 is 11.5 Å². The zero-order valence-electron chi connectivity index (χ0n) is 11.9. The SMILES string of the molecule is C[C@H](N)c1ccc(CCO)c(N)c1C1CCCCC1. The lowest BCUT2D eigenvalue weighted by Gasteiger charge is -2.28. The maximum absolute atomic E-state index is 9.14. The van der Waals surface area contributed by atoms with E-state index < -0.39 is 0 Å². The number of benzene rings is 1. The highest BCUT2D eigenvalue weighted by molar-refractivity contribution is 5.59. The first-order valence-corrected chi connectivity index (χ1v) is 7.42. The van der Waals surface area contributed by atoms with Crippen molar-refractivity contribution < 1.29 is 5.11 Å². The summed E-state index contributed by atoms with van der Waals surface area (Å²) in [6.45, 7) is 2.17. The molecular formula is C16H26N2O. The second-order valence-corrected chi connectivity index (χ2v) is 5.74. The Morgan fingerprint density at radius 2 is 1.95 bits per heavy atom. The summed E-state index contributed by atoms with van der Waals surface area (Å²) in [5.74, 6) is 0.549. The highest BCUT2D eigenvalue weighted by Crippen LogP contribution is 2.40. The molecule has 0 saturated heterocycles. The van der Waals surface area contributed by atoms with Crippen molar-refractivity contribution in [3.63, 3.8) is 0 Å². The van der Waals surface area contributed by atoms with Gasteiger partial charge in [0, 0.05) is 18.3 Å². The van der Waals surface area contributed by atoms with E-state index in [1.807, 2.05) is 13.0 Å². The molecule has 0 heterocycles. The number of rotatable bonds is 4. The van der Waals surface area contributed by atoms with Gasteiger partial charge in [-0.25, -0.2) is 0 Å². The summed E-state index contributed by atoms with van der Waals surface area (Å²) >= 11 is 0. The number of aliphatic hydroxyl groups excluding tert-OH is 1. The third kappa shape index (κ3) is 3.10. The molecule has 5 N–H and O–H groups in total. The Morgan fingerprint density at radius 3 is 2.53 bits per heavy atom. The molecule has 3 heteroatoms. The Labute approximate surface area is 116 Å². The van der Waals surface area contributed by atoms with Crippen molar-refractivity contribution in [2.24, 2.45) is 5.73 Å². The van der Waals surface area contributed by atoms with Crippen molar-refractivity contribution in [1.82, 2.24) is 0 Å². The van der Waals surface area contributed by atoms with Gasteiger partial charge in [0.2, 0.25) is 0 Å². The lowest BCUT2D eigenvalue weighted by molar-refractivity contribution is 0.299. The first kappa shape index (κ1) is 14.4. The van der Waals surface area contributed by atoms with Crippen molar-refractivity contribution in [1.29, 1.82) is 0 Å². The topological polar surface area (TPSA) is 72.3 Å². The van der Waals surface area contributed by atoms with Gasteiger partial charge < -0.3 is 16.6 Å². The standard InChI is InChI=1S/C16H26N2O/c1-11(17)14-8-7-13(9-10-19)16(18)15(14)12-5-3-2-4-6-12/h7-8,11-12,19H,2-6,9-10,17-18H2,1H3/t11-/m0/s1. The van der Waals surface area contributed by atoms with E-state index in [0.717, 1.165) is 11.3 Å². The highest BCUT2D eigenvalue weighted by atomic mass is 16.2. The van der Waals surface area contributed by atoms with Crippen molar-refractivity contribution in [2.75, 3.05) is 12.3 Å². The third-order valence-electron chi connectivity index (χ3n) is 4.30. The van der Waals surface area contributed by atoms with Crippen LogP contribution in [0.25, 0.3) is 0 Å². The molecule has 1 aromatic carbocycles. The van der Waals surface area contributed by atoms with Crippen molar-refractivity contribution in [3.8, 4) is 0 Å². The summed E-state index contributed by atoms with van der Waals surface area (Å²) in [6.07, 6.45) is 6.96. The zero-order valence-corrected chi connectivity index (χ0v) is 11.9. The molecule has 0 bridgehead atoms. The minimum Gasteiger partial charge on any atom is -0.398 e. The quantitative estimate of drug-likeness (QED) is 0.731. The second kappa shape index (κ2) is 6.40. The number of hydrogen-bond donors (Lipinski definition) is 3. The summed E-state index contributed by atoms with van der Waals surface area (Å²) < 4.78 is 0. The number of aliphatic hydroxyl groups is 1. The normalized spacial score (nSPS) is 18.5. The van der Waals surface area contributed by atoms with E-state index >= 15 is 0 Å². The molecule has 1 saturated carbocycles. The lowest BCUT2D eigenvalue weighted by Crippen LogP contribution is -2.16. The molecule has 2 rings (SSSR count). The van der Waals surface area contributed by atoms with Gasteiger partial charge in [-0.15, -0.1) is 0 Å². The van der Waals surface area contributed by atoms with E-state index in [0.29, 0.717) is 12.3 Å². The summed E-state index contributed by atoms with van der Waals surface area (Å²) in [7, 11) is 0. The second-order valence-electron chi connectivity index (χ2n) is 5.74.